The molecule has 128 valence electrons. The Morgan fingerprint density at radius 3 is 2.38 bits per heavy atom. The molecule has 0 saturated heterocycles. The van der Waals surface area contributed by atoms with Gasteiger partial charge in [0.25, 0.3) is 0 Å². The summed E-state index contributed by atoms with van der Waals surface area (Å²) < 4.78 is 53.4. The minimum Gasteiger partial charge on any atom is -0.392 e. The molecule has 0 aliphatic heterocycles. The molecule has 0 aliphatic carbocycles. The van der Waals surface area contributed by atoms with Gasteiger partial charge in [-0.2, -0.15) is 0 Å². The lowest BCUT2D eigenvalue weighted by atomic mass is 10.1. The van der Waals surface area contributed by atoms with Crippen LogP contribution >= 0.6 is 11.6 Å². The van der Waals surface area contributed by atoms with Crippen molar-refractivity contribution in [2.45, 2.75) is 16.6 Å². The van der Waals surface area contributed by atoms with Gasteiger partial charge in [-0.05, 0) is 48.9 Å². The normalized spacial score (nSPS) is 13.3. The molecule has 1 N–H and O–H groups in total. The fourth-order valence-corrected chi connectivity index (χ4v) is 4.11. The van der Waals surface area contributed by atoms with E-state index >= 15 is 0 Å². The number of hydrogen-bond acceptors (Lipinski definition) is 3. The van der Waals surface area contributed by atoms with Gasteiger partial charge in [-0.25, -0.2) is 17.2 Å². The van der Waals surface area contributed by atoms with Crippen molar-refractivity contribution in [2.75, 3.05) is 6.61 Å². The molecule has 0 aliphatic rings. The second-order valence-corrected chi connectivity index (χ2v) is 7.61. The van der Waals surface area contributed by atoms with Crippen molar-refractivity contribution in [3.63, 3.8) is 0 Å². The molecule has 0 radical (unpaired) electrons. The molecule has 24 heavy (non-hydrogen) atoms. The molecule has 0 spiro atoms. The molecule has 2 rings (SSSR count). The van der Waals surface area contributed by atoms with Crippen molar-refractivity contribution in [2.24, 2.45) is 0 Å². The van der Waals surface area contributed by atoms with Crippen LogP contribution in [-0.4, -0.2) is 20.1 Å². The van der Waals surface area contributed by atoms with Crippen molar-refractivity contribution in [1.29, 1.82) is 0 Å². The maximum absolute atomic E-state index is 14.1. The third-order valence-corrected chi connectivity index (χ3v) is 5.82. The Morgan fingerprint density at radius 1 is 1.08 bits per heavy atom. The van der Waals surface area contributed by atoms with E-state index < -0.39 is 26.7 Å². The molecule has 1 atom stereocenters. The van der Waals surface area contributed by atoms with Crippen LogP contribution in [0.15, 0.2) is 59.5 Å². The molecule has 0 fully saturated rings. The highest BCUT2D eigenvalue weighted by Gasteiger charge is 2.30. The summed E-state index contributed by atoms with van der Waals surface area (Å²) in [5.41, 5.74) is -0.257. The van der Waals surface area contributed by atoms with Crippen LogP contribution in [0.5, 0.6) is 0 Å². The Balaban J connectivity index is 2.54. The number of rotatable bonds is 6. The van der Waals surface area contributed by atoms with Crippen molar-refractivity contribution in [3.8, 4) is 0 Å². The van der Waals surface area contributed by atoms with Crippen LogP contribution in [0.3, 0.4) is 0 Å². The summed E-state index contributed by atoms with van der Waals surface area (Å²) in [6.45, 7) is -0.278. The van der Waals surface area contributed by atoms with E-state index in [1.165, 1.54) is 36.4 Å². The lowest BCUT2D eigenvalue weighted by Gasteiger charge is -2.18. The van der Waals surface area contributed by atoms with Gasteiger partial charge in [0, 0.05) is 10.6 Å². The lowest BCUT2D eigenvalue weighted by molar-refractivity contribution is 0.342. The lowest BCUT2D eigenvalue weighted by Crippen LogP contribution is -2.15. The largest absolute Gasteiger partial charge is 0.392 e. The smallest absolute Gasteiger partial charge is 0.185 e. The van der Waals surface area contributed by atoms with Gasteiger partial charge in [-0.15, -0.1) is 0 Å². The Morgan fingerprint density at radius 2 is 1.75 bits per heavy atom. The Hall–Kier alpha value is -1.76. The predicted molar refractivity (Wildman–Crippen MR) is 88.6 cm³/mol. The van der Waals surface area contributed by atoms with E-state index in [0.717, 1.165) is 18.2 Å². The third-order valence-electron chi connectivity index (χ3n) is 3.44. The summed E-state index contributed by atoms with van der Waals surface area (Å²) in [6, 6.07) is 8.16. The number of hydrogen-bond donors (Lipinski definition) is 1. The highest BCUT2D eigenvalue weighted by atomic mass is 35.5. The number of aliphatic hydroxyl groups excluding tert-OH is 1. The summed E-state index contributed by atoms with van der Waals surface area (Å²) in [6.07, 6.45) is 2.66. The average molecular weight is 373 g/mol. The van der Waals surface area contributed by atoms with E-state index in [-0.39, 0.29) is 23.5 Å². The first-order valence-electron chi connectivity index (χ1n) is 7.06. The second-order valence-electron chi connectivity index (χ2n) is 5.04. The van der Waals surface area contributed by atoms with Crippen LogP contribution < -0.4 is 0 Å². The third kappa shape index (κ3) is 4.20. The van der Waals surface area contributed by atoms with E-state index in [4.69, 9.17) is 16.7 Å². The molecule has 0 aromatic heterocycles. The zero-order chi connectivity index (χ0) is 17.7. The van der Waals surface area contributed by atoms with Gasteiger partial charge < -0.3 is 5.11 Å². The summed E-state index contributed by atoms with van der Waals surface area (Å²) in [5.74, 6) is -1.54. The number of aliphatic hydroxyl groups is 1. The topological polar surface area (TPSA) is 54.4 Å². The van der Waals surface area contributed by atoms with Crippen LogP contribution in [0.25, 0.3) is 0 Å². The van der Waals surface area contributed by atoms with Crippen LogP contribution in [-0.2, 0) is 9.84 Å². The van der Waals surface area contributed by atoms with Gasteiger partial charge in [-0.3, -0.25) is 0 Å². The fraction of sp³-hybridized carbons (Fsp3) is 0.176. The Kier molecular flexibility index (Phi) is 6.10. The molecular weight excluding hydrogens is 358 g/mol. The van der Waals surface area contributed by atoms with Crippen LogP contribution in [0, 0.1) is 11.6 Å². The number of benzene rings is 2. The van der Waals surface area contributed by atoms with Gasteiger partial charge in [0.15, 0.2) is 9.84 Å². The molecule has 0 bridgehead atoms. The Bertz CT molecular complexity index is 833. The van der Waals surface area contributed by atoms with Gasteiger partial charge in [0.05, 0.1) is 16.8 Å². The highest BCUT2D eigenvalue weighted by Crippen LogP contribution is 2.34. The minimum absolute atomic E-state index is 0.0436. The SMILES string of the molecule is O=S(=O)(c1ccc(Cl)cc1)C(C/C=C\CO)c1cc(F)ccc1F. The van der Waals surface area contributed by atoms with Crippen LogP contribution in [0.2, 0.25) is 5.02 Å². The molecule has 7 heteroatoms. The summed E-state index contributed by atoms with van der Waals surface area (Å²) in [4.78, 5) is -0.0436. The summed E-state index contributed by atoms with van der Waals surface area (Å²) >= 11 is 5.76. The molecular formula is C17H15ClF2O3S. The molecule has 2 aromatic carbocycles. The fourth-order valence-electron chi connectivity index (χ4n) is 2.27. The van der Waals surface area contributed by atoms with Crippen LogP contribution in [0.1, 0.15) is 17.2 Å². The maximum atomic E-state index is 14.1. The van der Waals surface area contributed by atoms with Gasteiger partial charge in [0.2, 0.25) is 0 Å². The first-order chi connectivity index (χ1) is 11.4. The van der Waals surface area contributed by atoms with E-state index in [2.05, 4.69) is 0 Å². The number of allylic oxidation sites excluding steroid dienone is 1. The first-order valence-corrected chi connectivity index (χ1v) is 8.99. The molecule has 3 nitrogen and oxygen atoms in total. The van der Waals surface area contributed by atoms with Gasteiger partial charge in [-0.1, -0.05) is 23.8 Å². The van der Waals surface area contributed by atoms with Crippen molar-refractivity contribution in [3.05, 3.63) is 76.8 Å². The average Bonchev–Trinajstić information content (AvgIpc) is 2.54. The van der Waals surface area contributed by atoms with E-state index in [1.807, 2.05) is 0 Å². The predicted octanol–water partition coefficient (Wildman–Crippen LogP) is 4.07. The zero-order valence-corrected chi connectivity index (χ0v) is 14.1. The highest BCUT2D eigenvalue weighted by molar-refractivity contribution is 7.91. The maximum Gasteiger partial charge on any atom is 0.185 e. The van der Waals surface area contributed by atoms with E-state index in [9.17, 15) is 17.2 Å². The molecule has 0 saturated carbocycles. The molecule has 0 heterocycles. The van der Waals surface area contributed by atoms with Gasteiger partial charge in [0.1, 0.15) is 11.6 Å². The van der Waals surface area contributed by atoms with E-state index in [1.54, 1.807) is 0 Å². The van der Waals surface area contributed by atoms with Crippen LogP contribution in [0.4, 0.5) is 8.78 Å². The monoisotopic (exact) mass is 372 g/mol. The minimum atomic E-state index is -3.99. The van der Waals surface area contributed by atoms with Crippen molar-refractivity contribution in [1.82, 2.24) is 0 Å². The van der Waals surface area contributed by atoms with Crippen molar-refractivity contribution >= 4 is 21.4 Å². The van der Waals surface area contributed by atoms with E-state index in [0.29, 0.717) is 5.02 Å². The summed E-state index contributed by atoms with van der Waals surface area (Å²) in [7, 11) is -3.99. The Labute approximate surface area is 144 Å². The summed E-state index contributed by atoms with van der Waals surface area (Å²) in [5, 5.41) is 7.86. The quantitative estimate of drug-likeness (QED) is 0.777. The molecule has 1 unspecified atom stereocenters. The van der Waals surface area contributed by atoms with Gasteiger partial charge >= 0.3 is 0 Å². The number of halogens is 3. The molecule has 2 aromatic rings. The number of sulfone groups is 1. The van der Waals surface area contributed by atoms with Crippen molar-refractivity contribution < 1.29 is 22.3 Å². The first kappa shape index (κ1) is 18.6. The zero-order valence-electron chi connectivity index (χ0n) is 12.5. The second kappa shape index (κ2) is 7.88. The standard InChI is InChI=1S/C17H15ClF2O3S/c18-12-4-7-14(8-5-12)24(22,23)17(3-1-2-10-21)15-11-13(19)6-9-16(15)20/h1-2,4-9,11,17,21H,3,10H2/b2-1-. The molecule has 0 amide bonds.